The number of urea groups is 1. The number of benzene rings is 1. The average Bonchev–Trinajstić information content (AvgIpc) is 2.40. The molecule has 1 aromatic carbocycles. The second-order valence-electron chi connectivity index (χ2n) is 3.61. The topological polar surface area (TPSA) is 61.8 Å². The molecule has 5 heteroatoms. The van der Waals surface area contributed by atoms with Crippen molar-refractivity contribution in [1.29, 1.82) is 0 Å². The molecule has 90 valence electrons. The predicted molar refractivity (Wildman–Crippen MR) is 63.2 cm³/mol. The molecule has 2 N–H and O–H groups in total. The molecule has 0 aromatic heterocycles. The van der Waals surface area contributed by atoms with Crippen LogP contribution in [-0.4, -0.2) is 29.4 Å². The van der Waals surface area contributed by atoms with Crippen LogP contribution in [0.2, 0.25) is 0 Å². The number of nitrogens with zero attached hydrogens (tertiary/aromatic N) is 1. The van der Waals surface area contributed by atoms with Gasteiger partial charge in [0.25, 0.3) is 0 Å². The third-order valence-corrected chi connectivity index (χ3v) is 2.38. The number of carbonyl (C=O) groups excluding carboxylic acids is 1. The quantitative estimate of drug-likeness (QED) is 0.762. The first-order valence-corrected chi connectivity index (χ1v) is 5.36. The molecule has 1 aliphatic rings. The monoisotopic (exact) mass is 234 g/mol. The molecule has 1 heterocycles. The van der Waals surface area contributed by atoms with Crippen LogP contribution in [-0.2, 0) is 11.4 Å². The normalized spacial score (nSPS) is 14.8. The van der Waals surface area contributed by atoms with Crippen molar-refractivity contribution in [3.8, 4) is 0 Å². The molecule has 2 rings (SSSR count). The van der Waals surface area contributed by atoms with Crippen LogP contribution in [0.3, 0.4) is 0 Å². The highest BCUT2D eigenvalue weighted by molar-refractivity contribution is 5.88. The Kier molecular flexibility index (Phi) is 3.74. The molecule has 0 saturated heterocycles. The Balaban J connectivity index is 1.95. The molecule has 0 spiro atoms. The van der Waals surface area contributed by atoms with E-state index in [1.807, 2.05) is 12.2 Å². The summed E-state index contributed by atoms with van der Waals surface area (Å²) in [5, 5.41) is 12.9. The minimum absolute atomic E-state index is 0.00570. The molecule has 2 amide bonds. The van der Waals surface area contributed by atoms with Crippen molar-refractivity contribution in [2.45, 2.75) is 6.61 Å². The molecular formula is C12H14N2O3. The number of anilines is 1. The van der Waals surface area contributed by atoms with Crippen LogP contribution in [0.5, 0.6) is 0 Å². The van der Waals surface area contributed by atoms with E-state index in [-0.39, 0.29) is 12.6 Å². The number of aliphatic hydroxyl groups excluding tert-OH is 1. The molecule has 0 fully saturated rings. The second-order valence-corrected chi connectivity index (χ2v) is 3.61. The summed E-state index contributed by atoms with van der Waals surface area (Å²) in [5.41, 5.74) is 1.48. The lowest BCUT2D eigenvalue weighted by atomic mass is 10.2. The lowest BCUT2D eigenvalue weighted by molar-refractivity contribution is -0.0988. The number of hydroxylamine groups is 2. The van der Waals surface area contributed by atoms with Crippen LogP contribution in [0.15, 0.2) is 36.4 Å². The van der Waals surface area contributed by atoms with Gasteiger partial charge in [-0.05, 0) is 17.7 Å². The van der Waals surface area contributed by atoms with E-state index >= 15 is 0 Å². The van der Waals surface area contributed by atoms with E-state index in [1.165, 1.54) is 5.06 Å². The summed E-state index contributed by atoms with van der Waals surface area (Å²) in [7, 11) is 0. The smallest absolute Gasteiger partial charge is 0.346 e. The van der Waals surface area contributed by atoms with E-state index in [4.69, 9.17) is 9.94 Å². The van der Waals surface area contributed by atoms with E-state index in [1.54, 1.807) is 24.3 Å². The Morgan fingerprint density at radius 2 is 2.12 bits per heavy atom. The molecule has 1 aliphatic heterocycles. The van der Waals surface area contributed by atoms with Gasteiger partial charge in [0.1, 0.15) is 0 Å². The van der Waals surface area contributed by atoms with Crippen LogP contribution < -0.4 is 5.32 Å². The van der Waals surface area contributed by atoms with Gasteiger partial charge in [-0.1, -0.05) is 24.3 Å². The SMILES string of the molecule is O=C(Nc1ccc(CO)cc1)N1CC=CCO1. The summed E-state index contributed by atoms with van der Waals surface area (Å²) in [6, 6.07) is 6.69. The Bertz CT molecular complexity index is 414. The van der Waals surface area contributed by atoms with Crippen molar-refractivity contribution in [2.24, 2.45) is 0 Å². The van der Waals surface area contributed by atoms with Crippen molar-refractivity contribution >= 4 is 11.7 Å². The summed E-state index contributed by atoms with van der Waals surface area (Å²) in [4.78, 5) is 16.9. The highest BCUT2D eigenvalue weighted by Crippen LogP contribution is 2.11. The van der Waals surface area contributed by atoms with Crippen molar-refractivity contribution in [2.75, 3.05) is 18.5 Å². The first-order chi connectivity index (χ1) is 8.29. The van der Waals surface area contributed by atoms with Crippen molar-refractivity contribution < 1.29 is 14.7 Å². The third kappa shape index (κ3) is 3.05. The van der Waals surface area contributed by atoms with Crippen LogP contribution in [0.1, 0.15) is 5.56 Å². The van der Waals surface area contributed by atoms with E-state index in [0.717, 1.165) is 5.56 Å². The van der Waals surface area contributed by atoms with Gasteiger partial charge >= 0.3 is 6.03 Å². The number of carbonyl (C=O) groups is 1. The summed E-state index contributed by atoms with van der Waals surface area (Å²) in [6.45, 7) is 0.853. The Morgan fingerprint density at radius 1 is 1.35 bits per heavy atom. The minimum Gasteiger partial charge on any atom is -0.392 e. The van der Waals surface area contributed by atoms with Gasteiger partial charge in [-0.3, -0.25) is 4.84 Å². The second kappa shape index (κ2) is 5.47. The third-order valence-electron chi connectivity index (χ3n) is 2.38. The maximum Gasteiger partial charge on any atom is 0.346 e. The molecule has 5 nitrogen and oxygen atoms in total. The van der Waals surface area contributed by atoms with Gasteiger partial charge in [0.05, 0.1) is 19.8 Å². The van der Waals surface area contributed by atoms with Gasteiger partial charge < -0.3 is 10.4 Å². The molecule has 0 saturated carbocycles. The molecular weight excluding hydrogens is 220 g/mol. The fourth-order valence-electron chi connectivity index (χ4n) is 1.44. The Hall–Kier alpha value is -1.85. The van der Waals surface area contributed by atoms with Crippen LogP contribution in [0.25, 0.3) is 0 Å². The van der Waals surface area contributed by atoms with Crippen LogP contribution in [0.4, 0.5) is 10.5 Å². The molecule has 17 heavy (non-hydrogen) atoms. The van der Waals surface area contributed by atoms with Gasteiger partial charge in [-0.2, -0.15) is 5.06 Å². The Morgan fingerprint density at radius 3 is 2.71 bits per heavy atom. The number of hydrogen-bond acceptors (Lipinski definition) is 3. The summed E-state index contributed by atoms with van der Waals surface area (Å²) < 4.78 is 0. The molecule has 0 aliphatic carbocycles. The zero-order valence-corrected chi connectivity index (χ0v) is 9.30. The summed E-state index contributed by atoms with van der Waals surface area (Å²) in [6.07, 6.45) is 3.73. The van der Waals surface area contributed by atoms with Gasteiger partial charge in [0.2, 0.25) is 0 Å². The van der Waals surface area contributed by atoms with E-state index in [9.17, 15) is 4.79 Å². The molecule has 0 bridgehead atoms. The number of nitrogens with one attached hydrogen (secondary N) is 1. The van der Waals surface area contributed by atoms with Gasteiger partial charge in [0, 0.05) is 5.69 Å². The highest BCUT2D eigenvalue weighted by atomic mass is 16.7. The van der Waals surface area contributed by atoms with Gasteiger partial charge in [-0.15, -0.1) is 0 Å². The Labute approximate surface area is 99.3 Å². The maximum atomic E-state index is 11.7. The number of rotatable bonds is 2. The van der Waals surface area contributed by atoms with Gasteiger partial charge in [-0.25, -0.2) is 4.79 Å². The van der Waals surface area contributed by atoms with E-state index in [2.05, 4.69) is 5.32 Å². The number of amides is 2. The van der Waals surface area contributed by atoms with Crippen molar-refractivity contribution in [1.82, 2.24) is 5.06 Å². The first-order valence-electron chi connectivity index (χ1n) is 5.36. The lowest BCUT2D eigenvalue weighted by Crippen LogP contribution is -2.36. The molecule has 0 radical (unpaired) electrons. The molecule has 0 unspecified atom stereocenters. The largest absolute Gasteiger partial charge is 0.392 e. The van der Waals surface area contributed by atoms with E-state index in [0.29, 0.717) is 18.8 Å². The predicted octanol–water partition coefficient (Wildman–Crippen LogP) is 1.51. The zero-order valence-electron chi connectivity index (χ0n) is 9.30. The fraction of sp³-hybridized carbons (Fsp3) is 0.250. The van der Waals surface area contributed by atoms with E-state index < -0.39 is 0 Å². The average molecular weight is 234 g/mol. The highest BCUT2D eigenvalue weighted by Gasteiger charge is 2.14. The van der Waals surface area contributed by atoms with Crippen LogP contribution in [0, 0.1) is 0 Å². The van der Waals surface area contributed by atoms with Gasteiger partial charge in [0.15, 0.2) is 0 Å². The number of hydrogen-bond donors (Lipinski definition) is 2. The molecule has 0 atom stereocenters. The lowest BCUT2D eigenvalue weighted by Gasteiger charge is -2.22. The van der Waals surface area contributed by atoms with Crippen molar-refractivity contribution in [3.05, 3.63) is 42.0 Å². The molecule has 1 aromatic rings. The fourth-order valence-corrected chi connectivity index (χ4v) is 1.44. The van der Waals surface area contributed by atoms with Crippen molar-refractivity contribution in [3.63, 3.8) is 0 Å². The zero-order chi connectivity index (χ0) is 12.1. The maximum absolute atomic E-state index is 11.7. The van der Waals surface area contributed by atoms with Crippen LogP contribution >= 0.6 is 0 Å². The first kappa shape index (κ1) is 11.6. The number of aliphatic hydroxyl groups is 1. The minimum atomic E-state index is -0.300. The summed E-state index contributed by atoms with van der Waals surface area (Å²) >= 11 is 0. The summed E-state index contributed by atoms with van der Waals surface area (Å²) in [5.74, 6) is 0. The standard InChI is InChI=1S/C12H14N2O3/c15-9-10-3-5-11(6-4-10)13-12(16)14-7-1-2-8-17-14/h1-6,15H,7-9H2,(H,13,16).